The molecule has 0 atom stereocenters. The fourth-order valence-corrected chi connectivity index (χ4v) is 5.26. The number of nitrogens with one attached hydrogen (secondary N) is 1. The molecular weight excluding hydrogens is 480 g/mol. The van der Waals surface area contributed by atoms with Crippen molar-refractivity contribution < 1.29 is 9.47 Å². The SMILES string of the molecule is CCOc1ccccc1-n1c(CN2CCCN(C)CC2)nc2cc(NCCN3CCOCC3)ccc2c1=O. The fraction of sp³-hybridized carbons (Fsp3) is 0.517. The lowest BCUT2D eigenvalue weighted by Gasteiger charge is -2.26. The molecule has 1 N–H and O–H groups in total. The summed E-state index contributed by atoms with van der Waals surface area (Å²) in [5, 5.41) is 4.13. The van der Waals surface area contributed by atoms with Crippen molar-refractivity contribution in [1.29, 1.82) is 0 Å². The molecule has 9 heteroatoms. The normalized spacial score (nSPS) is 17.9. The van der Waals surface area contributed by atoms with E-state index in [1.807, 2.05) is 49.4 Å². The van der Waals surface area contributed by atoms with Crippen LogP contribution in [0.5, 0.6) is 5.75 Å². The van der Waals surface area contributed by atoms with Gasteiger partial charge < -0.3 is 19.7 Å². The van der Waals surface area contributed by atoms with Gasteiger partial charge in [0.25, 0.3) is 5.56 Å². The highest BCUT2D eigenvalue weighted by molar-refractivity contribution is 5.82. The van der Waals surface area contributed by atoms with Crippen molar-refractivity contribution in [3.63, 3.8) is 0 Å². The lowest BCUT2D eigenvalue weighted by Crippen LogP contribution is -2.39. The Balaban J connectivity index is 1.48. The number of para-hydroxylation sites is 2. The van der Waals surface area contributed by atoms with Crippen LogP contribution in [0.15, 0.2) is 47.3 Å². The van der Waals surface area contributed by atoms with Crippen molar-refractivity contribution in [1.82, 2.24) is 24.3 Å². The molecule has 1 aromatic heterocycles. The van der Waals surface area contributed by atoms with Crippen molar-refractivity contribution in [2.24, 2.45) is 0 Å². The lowest BCUT2D eigenvalue weighted by atomic mass is 10.2. The number of likely N-dealkylation sites (N-methyl/N-ethyl adjacent to an activating group) is 1. The van der Waals surface area contributed by atoms with Gasteiger partial charge in [0.05, 0.1) is 43.0 Å². The largest absolute Gasteiger partial charge is 0.492 e. The van der Waals surface area contributed by atoms with Crippen LogP contribution in [-0.4, -0.2) is 103 Å². The molecule has 38 heavy (non-hydrogen) atoms. The van der Waals surface area contributed by atoms with Crippen LogP contribution in [0, 0.1) is 0 Å². The maximum absolute atomic E-state index is 14.0. The molecule has 2 aliphatic heterocycles. The first kappa shape index (κ1) is 26.6. The van der Waals surface area contributed by atoms with E-state index in [0.717, 1.165) is 94.7 Å². The third kappa shape index (κ3) is 6.35. The van der Waals surface area contributed by atoms with E-state index in [1.54, 1.807) is 4.57 Å². The first-order valence-electron chi connectivity index (χ1n) is 13.8. The number of nitrogens with zero attached hydrogens (tertiary/aromatic N) is 5. The van der Waals surface area contributed by atoms with Gasteiger partial charge >= 0.3 is 0 Å². The first-order valence-corrected chi connectivity index (χ1v) is 13.8. The summed E-state index contributed by atoms with van der Waals surface area (Å²) in [6.07, 6.45) is 1.10. The van der Waals surface area contributed by atoms with E-state index in [9.17, 15) is 4.79 Å². The van der Waals surface area contributed by atoms with E-state index in [0.29, 0.717) is 24.3 Å². The number of benzene rings is 2. The predicted octanol–water partition coefficient (Wildman–Crippen LogP) is 2.67. The Morgan fingerprint density at radius 3 is 2.68 bits per heavy atom. The van der Waals surface area contributed by atoms with E-state index in [-0.39, 0.29) is 5.56 Å². The minimum atomic E-state index is -0.0658. The number of ether oxygens (including phenoxy) is 2. The summed E-state index contributed by atoms with van der Waals surface area (Å²) in [5.41, 5.74) is 2.37. The Morgan fingerprint density at radius 1 is 1.00 bits per heavy atom. The van der Waals surface area contributed by atoms with Gasteiger partial charge in [-0.25, -0.2) is 4.98 Å². The average molecular weight is 521 g/mol. The minimum Gasteiger partial charge on any atom is -0.492 e. The zero-order chi connectivity index (χ0) is 26.3. The zero-order valence-electron chi connectivity index (χ0n) is 22.7. The molecule has 2 saturated heterocycles. The Labute approximate surface area is 224 Å². The quantitative estimate of drug-likeness (QED) is 0.462. The molecule has 0 amide bonds. The molecule has 3 heterocycles. The number of hydrogen-bond acceptors (Lipinski definition) is 8. The maximum atomic E-state index is 14.0. The van der Waals surface area contributed by atoms with E-state index in [1.165, 1.54) is 0 Å². The van der Waals surface area contributed by atoms with Crippen LogP contribution in [0.1, 0.15) is 19.2 Å². The summed E-state index contributed by atoms with van der Waals surface area (Å²) >= 11 is 0. The van der Waals surface area contributed by atoms with Crippen LogP contribution in [0.4, 0.5) is 5.69 Å². The van der Waals surface area contributed by atoms with Gasteiger partial charge in [-0.15, -0.1) is 0 Å². The number of fused-ring (bicyclic) bond motifs is 1. The summed E-state index contributed by atoms with van der Waals surface area (Å²) in [4.78, 5) is 26.3. The number of morpholine rings is 1. The summed E-state index contributed by atoms with van der Waals surface area (Å²) in [6, 6.07) is 13.6. The standard InChI is InChI=1S/C29H40N6O3/c1-3-38-27-8-5-4-7-26(27)35-28(22-34-13-6-12-32(2)15-16-34)31-25-21-23(9-10-24(25)29(35)36)30-11-14-33-17-19-37-20-18-33/h4-5,7-10,21,30H,3,6,11-20,22H2,1-2H3. The number of anilines is 1. The molecule has 204 valence electrons. The molecule has 0 bridgehead atoms. The van der Waals surface area contributed by atoms with Gasteiger partial charge in [0.15, 0.2) is 0 Å². The van der Waals surface area contributed by atoms with Gasteiger partial charge in [-0.1, -0.05) is 12.1 Å². The van der Waals surface area contributed by atoms with Gasteiger partial charge in [-0.3, -0.25) is 19.2 Å². The van der Waals surface area contributed by atoms with Crippen LogP contribution < -0.4 is 15.6 Å². The Morgan fingerprint density at radius 2 is 1.84 bits per heavy atom. The van der Waals surface area contributed by atoms with Crippen LogP contribution in [-0.2, 0) is 11.3 Å². The molecule has 0 radical (unpaired) electrons. The molecule has 3 aromatic rings. The molecular formula is C29H40N6O3. The van der Waals surface area contributed by atoms with Crippen LogP contribution >= 0.6 is 0 Å². The molecule has 0 spiro atoms. The highest BCUT2D eigenvalue weighted by Crippen LogP contribution is 2.25. The second-order valence-corrected chi connectivity index (χ2v) is 10.1. The minimum absolute atomic E-state index is 0.0658. The maximum Gasteiger partial charge on any atom is 0.266 e. The molecule has 9 nitrogen and oxygen atoms in total. The summed E-state index contributed by atoms with van der Waals surface area (Å²) < 4.78 is 13.1. The topological polar surface area (TPSA) is 75.1 Å². The van der Waals surface area contributed by atoms with Gasteiger partial charge in [0.1, 0.15) is 11.6 Å². The Hall–Kier alpha value is -2.98. The van der Waals surface area contributed by atoms with Gasteiger partial charge in [0, 0.05) is 45.0 Å². The third-order valence-corrected chi connectivity index (χ3v) is 7.38. The van der Waals surface area contributed by atoms with Crippen molar-refractivity contribution in [3.05, 3.63) is 58.6 Å². The molecule has 2 aromatic carbocycles. The number of rotatable bonds is 9. The summed E-state index contributed by atoms with van der Waals surface area (Å²) in [5.74, 6) is 1.43. The smallest absolute Gasteiger partial charge is 0.266 e. The zero-order valence-corrected chi connectivity index (χ0v) is 22.7. The summed E-state index contributed by atoms with van der Waals surface area (Å²) in [6.45, 7) is 12.4. The van der Waals surface area contributed by atoms with Crippen LogP contribution in [0.25, 0.3) is 16.6 Å². The van der Waals surface area contributed by atoms with E-state index < -0.39 is 0 Å². The highest BCUT2D eigenvalue weighted by atomic mass is 16.5. The van der Waals surface area contributed by atoms with Crippen molar-refractivity contribution in [2.45, 2.75) is 19.9 Å². The average Bonchev–Trinajstić information content (AvgIpc) is 3.14. The second-order valence-electron chi connectivity index (χ2n) is 10.1. The third-order valence-electron chi connectivity index (χ3n) is 7.38. The first-order chi connectivity index (χ1) is 18.6. The highest BCUT2D eigenvalue weighted by Gasteiger charge is 2.20. The van der Waals surface area contributed by atoms with Gasteiger partial charge in [-0.05, 0) is 63.8 Å². The van der Waals surface area contributed by atoms with Crippen LogP contribution in [0.3, 0.4) is 0 Å². The fourth-order valence-electron chi connectivity index (χ4n) is 5.26. The van der Waals surface area contributed by atoms with Crippen molar-refractivity contribution in [3.8, 4) is 11.4 Å². The second kappa shape index (κ2) is 12.7. The van der Waals surface area contributed by atoms with Gasteiger partial charge in [0.2, 0.25) is 0 Å². The molecule has 0 unspecified atom stereocenters. The molecule has 5 rings (SSSR count). The Kier molecular flexibility index (Phi) is 8.90. The number of hydrogen-bond donors (Lipinski definition) is 1. The van der Waals surface area contributed by atoms with E-state index >= 15 is 0 Å². The lowest BCUT2D eigenvalue weighted by molar-refractivity contribution is 0.0398. The molecule has 2 aliphatic rings. The predicted molar refractivity (Wildman–Crippen MR) is 152 cm³/mol. The van der Waals surface area contributed by atoms with Gasteiger partial charge in [-0.2, -0.15) is 0 Å². The van der Waals surface area contributed by atoms with E-state index in [4.69, 9.17) is 14.5 Å². The number of aromatic nitrogens is 2. The molecule has 0 aliphatic carbocycles. The van der Waals surface area contributed by atoms with Crippen molar-refractivity contribution >= 4 is 16.6 Å². The summed E-state index contributed by atoms with van der Waals surface area (Å²) in [7, 11) is 2.17. The molecule has 0 saturated carbocycles. The van der Waals surface area contributed by atoms with Crippen LogP contribution in [0.2, 0.25) is 0 Å². The molecule has 2 fully saturated rings. The van der Waals surface area contributed by atoms with Crippen molar-refractivity contribution in [2.75, 3.05) is 84.5 Å². The van der Waals surface area contributed by atoms with E-state index in [2.05, 4.69) is 27.1 Å². The monoisotopic (exact) mass is 520 g/mol. The Bertz CT molecular complexity index is 1270.